The van der Waals surface area contributed by atoms with Crippen molar-refractivity contribution in [1.29, 1.82) is 0 Å². The Balaban J connectivity index is 1.45. The maximum atomic E-state index is 12.1. The molecule has 0 aromatic heterocycles. The Kier molecular flexibility index (Phi) is 4.81. The number of likely N-dealkylation sites (tertiary alicyclic amines) is 1. The molecule has 1 aliphatic heterocycles. The van der Waals surface area contributed by atoms with Crippen molar-refractivity contribution in [3.63, 3.8) is 0 Å². The lowest BCUT2D eigenvalue weighted by Crippen LogP contribution is -2.36. The number of carbonyl (C=O) groups excluding carboxylic acids is 2. The number of rotatable bonds is 6. The molecule has 1 aliphatic carbocycles. The lowest BCUT2D eigenvalue weighted by atomic mass is 10.1. The van der Waals surface area contributed by atoms with Crippen LogP contribution in [0.4, 0.5) is 5.69 Å². The summed E-state index contributed by atoms with van der Waals surface area (Å²) in [5, 5.41) is 5.91. The molecule has 1 saturated carbocycles. The van der Waals surface area contributed by atoms with Crippen LogP contribution in [0.2, 0.25) is 0 Å². The van der Waals surface area contributed by atoms with E-state index in [4.69, 9.17) is 4.74 Å². The number of benzene rings is 1. The van der Waals surface area contributed by atoms with Gasteiger partial charge in [0.15, 0.2) is 0 Å². The number of anilines is 1. The first-order chi connectivity index (χ1) is 11.1. The Morgan fingerprint density at radius 2 is 2.13 bits per heavy atom. The molecule has 1 atom stereocenters. The third-order valence-corrected chi connectivity index (χ3v) is 4.29. The second-order valence-electron chi connectivity index (χ2n) is 6.28. The zero-order valence-electron chi connectivity index (χ0n) is 13.4. The smallest absolute Gasteiger partial charge is 0.238 e. The summed E-state index contributed by atoms with van der Waals surface area (Å²) in [6.07, 6.45) is 3.03. The van der Waals surface area contributed by atoms with E-state index in [0.717, 1.165) is 31.5 Å². The van der Waals surface area contributed by atoms with E-state index in [1.54, 1.807) is 13.2 Å². The normalized spacial score (nSPS) is 21.0. The molecule has 1 unspecified atom stereocenters. The van der Waals surface area contributed by atoms with Crippen LogP contribution < -0.4 is 15.4 Å². The number of nitrogens with one attached hydrogen (secondary N) is 2. The summed E-state index contributed by atoms with van der Waals surface area (Å²) in [7, 11) is 1.60. The van der Waals surface area contributed by atoms with Gasteiger partial charge in [-0.15, -0.1) is 0 Å². The third kappa shape index (κ3) is 4.45. The first-order valence-corrected chi connectivity index (χ1v) is 8.10. The van der Waals surface area contributed by atoms with Crippen LogP contribution in [0.5, 0.6) is 5.75 Å². The second kappa shape index (κ2) is 7.00. The molecule has 3 rings (SSSR count). The van der Waals surface area contributed by atoms with Crippen LogP contribution in [0.3, 0.4) is 0 Å². The number of amides is 2. The van der Waals surface area contributed by atoms with Crippen molar-refractivity contribution in [3.05, 3.63) is 24.3 Å². The largest absolute Gasteiger partial charge is 0.497 e. The van der Waals surface area contributed by atoms with Crippen molar-refractivity contribution in [2.24, 2.45) is 5.92 Å². The van der Waals surface area contributed by atoms with Crippen LogP contribution in [0.1, 0.15) is 19.3 Å². The minimum Gasteiger partial charge on any atom is -0.497 e. The molecule has 23 heavy (non-hydrogen) atoms. The molecular weight excluding hydrogens is 294 g/mol. The van der Waals surface area contributed by atoms with Gasteiger partial charge in [0.2, 0.25) is 11.8 Å². The Morgan fingerprint density at radius 1 is 1.30 bits per heavy atom. The van der Waals surface area contributed by atoms with E-state index in [1.165, 1.54) is 0 Å². The summed E-state index contributed by atoms with van der Waals surface area (Å²) < 4.78 is 5.14. The molecule has 1 aromatic rings. The van der Waals surface area contributed by atoms with Crippen molar-refractivity contribution >= 4 is 17.5 Å². The van der Waals surface area contributed by atoms with Gasteiger partial charge in [-0.05, 0) is 37.9 Å². The highest BCUT2D eigenvalue weighted by atomic mass is 16.5. The van der Waals surface area contributed by atoms with E-state index in [1.807, 2.05) is 23.1 Å². The van der Waals surface area contributed by atoms with Gasteiger partial charge in [0.05, 0.1) is 19.6 Å². The zero-order valence-corrected chi connectivity index (χ0v) is 13.4. The molecule has 2 amide bonds. The van der Waals surface area contributed by atoms with Crippen molar-refractivity contribution in [3.8, 4) is 5.75 Å². The minimum atomic E-state index is -0.0681. The van der Waals surface area contributed by atoms with E-state index in [9.17, 15) is 9.59 Å². The van der Waals surface area contributed by atoms with Gasteiger partial charge in [-0.25, -0.2) is 0 Å². The van der Waals surface area contributed by atoms with Crippen molar-refractivity contribution in [2.45, 2.75) is 25.3 Å². The SMILES string of the molecule is COc1cccc(NC(=O)CN2CCC(C(=O)NC3CC3)C2)c1. The van der Waals surface area contributed by atoms with Gasteiger partial charge in [0, 0.05) is 24.3 Å². The maximum absolute atomic E-state index is 12.1. The zero-order chi connectivity index (χ0) is 16.2. The molecule has 1 aromatic carbocycles. The van der Waals surface area contributed by atoms with Gasteiger partial charge >= 0.3 is 0 Å². The highest BCUT2D eigenvalue weighted by Gasteiger charge is 2.32. The Bertz CT molecular complexity index is 586. The molecule has 2 N–H and O–H groups in total. The lowest BCUT2D eigenvalue weighted by molar-refractivity contribution is -0.125. The molecule has 2 fully saturated rings. The maximum Gasteiger partial charge on any atom is 0.238 e. The topological polar surface area (TPSA) is 70.7 Å². The fraction of sp³-hybridized carbons (Fsp3) is 0.529. The van der Waals surface area contributed by atoms with Crippen LogP contribution >= 0.6 is 0 Å². The number of ether oxygens (including phenoxy) is 1. The van der Waals surface area contributed by atoms with E-state index in [-0.39, 0.29) is 17.7 Å². The quantitative estimate of drug-likeness (QED) is 0.828. The fourth-order valence-corrected chi connectivity index (χ4v) is 2.84. The van der Waals surface area contributed by atoms with Crippen molar-refractivity contribution in [1.82, 2.24) is 10.2 Å². The van der Waals surface area contributed by atoms with E-state index in [0.29, 0.717) is 24.9 Å². The summed E-state index contributed by atoms with van der Waals surface area (Å²) in [6.45, 7) is 1.75. The third-order valence-electron chi connectivity index (χ3n) is 4.29. The highest BCUT2D eigenvalue weighted by molar-refractivity contribution is 5.92. The van der Waals surface area contributed by atoms with E-state index >= 15 is 0 Å². The van der Waals surface area contributed by atoms with Crippen LogP contribution in [-0.4, -0.2) is 49.5 Å². The van der Waals surface area contributed by atoms with Crippen molar-refractivity contribution in [2.75, 3.05) is 32.1 Å². The molecule has 124 valence electrons. The fourth-order valence-electron chi connectivity index (χ4n) is 2.84. The number of nitrogens with zero attached hydrogens (tertiary/aromatic N) is 1. The molecule has 0 radical (unpaired) electrons. The number of methoxy groups -OCH3 is 1. The molecule has 0 bridgehead atoms. The van der Waals surface area contributed by atoms with Gasteiger partial charge in [-0.3, -0.25) is 14.5 Å². The first-order valence-electron chi connectivity index (χ1n) is 8.10. The minimum absolute atomic E-state index is 0.0141. The number of hydrogen-bond acceptors (Lipinski definition) is 4. The molecule has 0 spiro atoms. The highest BCUT2D eigenvalue weighted by Crippen LogP contribution is 2.22. The van der Waals surface area contributed by atoms with Crippen LogP contribution in [0.15, 0.2) is 24.3 Å². The van der Waals surface area contributed by atoms with Gasteiger partial charge in [-0.2, -0.15) is 0 Å². The number of hydrogen-bond donors (Lipinski definition) is 2. The summed E-state index contributed by atoms with van der Waals surface area (Å²) in [5.74, 6) is 0.797. The Hall–Kier alpha value is -2.08. The predicted molar refractivity (Wildman–Crippen MR) is 87.3 cm³/mol. The van der Waals surface area contributed by atoms with Crippen molar-refractivity contribution < 1.29 is 14.3 Å². The molecule has 2 aliphatic rings. The first kappa shape index (κ1) is 15.8. The summed E-state index contributed by atoms with van der Waals surface area (Å²) >= 11 is 0. The Labute approximate surface area is 136 Å². The van der Waals surface area contributed by atoms with E-state index in [2.05, 4.69) is 10.6 Å². The molecule has 1 heterocycles. The summed E-state index contributed by atoms with van der Waals surface area (Å²) in [6, 6.07) is 7.68. The average Bonchev–Trinajstić information content (AvgIpc) is 3.23. The lowest BCUT2D eigenvalue weighted by Gasteiger charge is -2.16. The monoisotopic (exact) mass is 317 g/mol. The number of carbonyl (C=O) groups is 2. The van der Waals surface area contributed by atoms with Crippen LogP contribution in [0, 0.1) is 5.92 Å². The Morgan fingerprint density at radius 3 is 2.87 bits per heavy atom. The van der Waals surface area contributed by atoms with E-state index < -0.39 is 0 Å². The van der Waals surface area contributed by atoms with Gasteiger partial charge in [-0.1, -0.05) is 6.07 Å². The van der Waals surface area contributed by atoms with Crippen LogP contribution in [-0.2, 0) is 9.59 Å². The molecular formula is C17H23N3O3. The molecule has 1 saturated heterocycles. The average molecular weight is 317 g/mol. The van der Waals surface area contributed by atoms with Gasteiger partial charge in [0.1, 0.15) is 5.75 Å². The predicted octanol–water partition coefficient (Wildman–Crippen LogP) is 1.23. The standard InChI is InChI=1S/C17H23N3O3/c1-23-15-4-2-3-14(9-15)18-16(21)11-20-8-7-12(10-20)17(22)19-13-5-6-13/h2-4,9,12-13H,5-8,10-11H2,1H3,(H,18,21)(H,19,22). The summed E-state index contributed by atoms with van der Waals surface area (Å²) in [4.78, 5) is 26.2. The van der Waals surface area contributed by atoms with Crippen LogP contribution in [0.25, 0.3) is 0 Å². The molecule has 6 nitrogen and oxygen atoms in total. The second-order valence-corrected chi connectivity index (χ2v) is 6.28. The summed E-state index contributed by atoms with van der Waals surface area (Å²) in [5.41, 5.74) is 0.719. The molecule has 6 heteroatoms. The van der Waals surface area contributed by atoms with Gasteiger partial charge < -0.3 is 15.4 Å². The van der Waals surface area contributed by atoms with Gasteiger partial charge in [0.25, 0.3) is 0 Å².